The summed E-state index contributed by atoms with van der Waals surface area (Å²) in [5.41, 5.74) is 1.32. The summed E-state index contributed by atoms with van der Waals surface area (Å²) in [5, 5.41) is 6.25. The number of ether oxygens (including phenoxy) is 1. The third kappa shape index (κ3) is 5.11. The van der Waals surface area contributed by atoms with E-state index < -0.39 is 11.6 Å². The third-order valence-corrected chi connectivity index (χ3v) is 6.76. The maximum absolute atomic E-state index is 14.5. The first-order valence-electron chi connectivity index (χ1n) is 12.5. The first-order valence-corrected chi connectivity index (χ1v) is 12.5. The van der Waals surface area contributed by atoms with Gasteiger partial charge in [-0.15, -0.1) is 0 Å². The van der Waals surface area contributed by atoms with Gasteiger partial charge in [-0.1, -0.05) is 0 Å². The van der Waals surface area contributed by atoms with Gasteiger partial charge in [-0.25, -0.2) is 18.7 Å². The van der Waals surface area contributed by atoms with E-state index in [0.29, 0.717) is 49.4 Å². The lowest BCUT2D eigenvalue weighted by molar-refractivity contribution is -0.140. The summed E-state index contributed by atoms with van der Waals surface area (Å²) < 4.78 is 35.3. The maximum atomic E-state index is 14.5. The molecule has 2 fully saturated rings. The molecule has 0 unspecified atom stereocenters. The van der Waals surface area contributed by atoms with Crippen molar-refractivity contribution in [2.75, 3.05) is 36.9 Å². The number of carbonyl (C=O) groups is 1. The van der Waals surface area contributed by atoms with Gasteiger partial charge in [0.25, 0.3) is 0 Å². The molecule has 1 amide bonds. The lowest BCUT2D eigenvalue weighted by Gasteiger charge is -2.34. The highest BCUT2D eigenvalue weighted by Crippen LogP contribution is 2.38. The molecular formula is C25H31F2N7O2. The van der Waals surface area contributed by atoms with Crippen LogP contribution in [0.1, 0.15) is 45.6 Å². The molecule has 3 heterocycles. The van der Waals surface area contributed by atoms with Crippen LogP contribution >= 0.6 is 0 Å². The van der Waals surface area contributed by atoms with Crippen LogP contribution in [0.25, 0.3) is 11.2 Å². The van der Waals surface area contributed by atoms with Crippen LogP contribution in [-0.2, 0) is 9.53 Å². The summed E-state index contributed by atoms with van der Waals surface area (Å²) in [5.74, 6) is -0.284. The van der Waals surface area contributed by atoms with E-state index in [1.807, 2.05) is 23.3 Å². The lowest BCUT2D eigenvalue weighted by Crippen LogP contribution is -2.44. The summed E-state index contributed by atoms with van der Waals surface area (Å²) in [6.45, 7) is 6.46. The van der Waals surface area contributed by atoms with Crippen molar-refractivity contribution in [3.05, 3.63) is 36.0 Å². The number of nitrogens with one attached hydrogen (secondary N) is 2. The van der Waals surface area contributed by atoms with Gasteiger partial charge in [-0.3, -0.25) is 9.36 Å². The molecule has 1 aliphatic heterocycles. The zero-order valence-electron chi connectivity index (χ0n) is 20.5. The van der Waals surface area contributed by atoms with Gasteiger partial charge in [-0.05, 0) is 51.7 Å². The fourth-order valence-electron chi connectivity index (χ4n) is 4.99. The number of hydrogen-bond donors (Lipinski definition) is 2. The lowest BCUT2D eigenvalue weighted by atomic mass is 9.85. The van der Waals surface area contributed by atoms with E-state index in [4.69, 9.17) is 9.72 Å². The molecular weight excluding hydrogens is 468 g/mol. The molecule has 5 rings (SSSR count). The number of amides is 1. The van der Waals surface area contributed by atoms with Crippen molar-refractivity contribution >= 4 is 34.7 Å². The Morgan fingerprint density at radius 2 is 1.86 bits per heavy atom. The predicted octanol–water partition coefficient (Wildman–Crippen LogP) is 4.26. The van der Waals surface area contributed by atoms with Gasteiger partial charge in [0.2, 0.25) is 17.8 Å². The third-order valence-electron chi connectivity index (χ3n) is 6.76. The Morgan fingerprint density at radius 3 is 2.56 bits per heavy atom. The number of imidazole rings is 1. The number of anilines is 3. The smallest absolute Gasteiger partial charge is 0.225 e. The van der Waals surface area contributed by atoms with Crippen LogP contribution in [0.15, 0.2) is 24.4 Å². The number of nitrogens with zero attached hydrogens (tertiary/aromatic N) is 5. The molecule has 0 radical (unpaired) electrons. The van der Waals surface area contributed by atoms with Gasteiger partial charge in [-0.2, -0.15) is 4.98 Å². The van der Waals surface area contributed by atoms with Crippen LogP contribution in [0.4, 0.5) is 26.4 Å². The Morgan fingerprint density at radius 1 is 1.11 bits per heavy atom. The Labute approximate surface area is 208 Å². The zero-order valence-corrected chi connectivity index (χ0v) is 20.5. The average Bonchev–Trinajstić information content (AvgIpc) is 3.22. The van der Waals surface area contributed by atoms with Gasteiger partial charge >= 0.3 is 0 Å². The Hall–Kier alpha value is -3.34. The minimum absolute atomic E-state index is 0.0107. The van der Waals surface area contributed by atoms with Gasteiger partial charge in [0.15, 0.2) is 5.65 Å². The van der Waals surface area contributed by atoms with Crippen LogP contribution in [0.5, 0.6) is 0 Å². The van der Waals surface area contributed by atoms with E-state index in [1.165, 1.54) is 12.1 Å². The number of rotatable bonds is 6. The quantitative estimate of drug-likeness (QED) is 0.523. The van der Waals surface area contributed by atoms with Crippen molar-refractivity contribution < 1.29 is 18.3 Å². The summed E-state index contributed by atoms with van der Waals surface area (Å²) >= 11 is 0. The topological polar surface area (TPSA) is 97.2 Å². The normalized spacial score (nSPS) is 20.6. The molecule has 2 N–H and O–H groups in total. The second-order valence-electron chi connectivity index (χ2n) is 9.70. The SMILES string of the molecule is CC(C)Nc1ncc2nc(Nc3ccc(F)cc3F)n(C3CCC(C(=O)N4CCOCC4)CC3)c2n1. The molecule has 192 valence electrons. The molecule has 2 aromatic heterocycles. The van der Waals surface area contributed by atoms with Crippen molar-refractivity contribution in [1.29, 1.82) is 0 Å². The van der Waals surface area contributed by atoms with Crippen molar-refractivity contribution in [2.45, 2.75) is 51.6 Å². The molecule has 1 aromatic carbocycles. The highest BCUT2D eigenvalue weighted by Gasteiger charge is 2.32. The van der Waals surface area contributed by atoms with Crippen LogP contribution in [0.2, 0.25) is 0 Å². The second-order valence-corrected chi connectivity index (χ2v) is 9.70. The first kappa shape index (κ1) is 24.4. The first-order chi connectivity index (χ1) is 17.4. The van der Waals surface area contributed by atoms with Crippen LogP contribution in [-0.4, -0.2) is 62.7 Å². The van der Waals surface area contributed by atoms with Crippen molar-refractivity contribution in [2.24, 2.45) is 5.92 Å². The molecule has 1 saturated heterocycles. The Kier molecular flexibility index (Phi) is 6.99. The van der Waals surface area contributed by atoms with Gasteiger partial charge in [0, 0.05) is 37.2 Å². The number of fused-ring (bicyclic) bond motifs is 1. The molecule has 2 aliphatic rings. The van der Waals surface area contributed by atoms with E-state index >= 15 is 0 Å². The summed E-state index contributed by atoms with van der Waals surface area (Å²) in [6, 6.07) is 3.54. The molecule has 3 aromatic rings. The second kappa shape index (κ2) is 10.3. The van der Waals surface area contributed by atoms with E-state index in [2.05, 4.69) is 20.6 Å². The molecule has 0 spiro atoms. The summed E-state index contributed by atoms with van der Waals surface area (Å²) in [4.78, 5) is 28.6. The van der Waals surface area contributed by atoms with Gasteiger partial charge in [0.05, 0.1) is 25.1 Å². The highest BCUT2D eigenvalue weighted by molar-refractivity contribution is 5.79. The van der Waals surface area contributed by atoms with Crippen LogP contribution < -0.4 is 10.6 Å². The van der Waals surface area contributed by atoms with Crippen LogP contribution in [0.3, 0.4) is 0 Å². The van der Waals surface area contributed by atoms with E-state index in [-0.39, 0.29) is 29.6 Å². The minimum Gasteiger partial charge on any atom is -0.378 e. The molecule has 0 bridgehead atoms. The summed E-state index contributed by atoms with van der Waals surface area (Å²) in [7, 11) is 0. The maximum Gasteiger partial charge on any atom is 0.225 e. The van der Waals surface area contributed by atoms with Crippen molar-refractivity contribution in [1.82, 2.24) is 24.4 Å². The number of halogens is 2. The molecule has 9 nitrogen and oxygen atoms in total. The van der Waals surface area contributed by atoms with E-state index in [0.717, 1.165) is 31.7 Å². The highest BCUT2D eigenvalue weighted by atomic mass is 19.1. The molecule has 1 saturated carbocycles. The number of morpholine rings is 1. The van der Waals surface area contributed by atoms with Crippen molar-refractivity contribution in [3.63, 3.8) is 0 Å². The summed E-state index contributed by atoms with van der Waals surface area (Å²) in [6.07, 6.45) is 4.64. The zero-order chi connectivity index (χ0) is 25.2. The standard InChI is InChI=1S/C25H31F2N7O2/c1-15(2)29-24-28-14-21-22(32-24)34(25(31-21)30-20-8-5-17(26)13-19(20)27)18-6-3-16(4-7-18)23(35)33-9-11-36-12-10-33/h5,8,13-16,18H,3-4,6-7,9-12H2,1-2H3,(H,30,31)(H,28,29,32). The van der Waals surface area contributed by atoms with Crippen LogP contribution in [0, 0.1) is 17.6 Å². The average molecular weight is 500 g/mol. The van der Waals surface area contributed by atoms with Gasteiger partial charge in [0.1, 0.15) is 17.2 Å². The molecule has 36 heavy (non-hydrogen) atoms. The van der Waals surface area contributed by atoms with Crippen molar-refractivity contribution in [3.8, 4) is 0 Å². The number of carbonyl (C=O) groups excluding carboxylic acids is 1. The monoisotopic (exact) mass is 499 g/mol. The number of aromatic nitrogens is 4. The van der Waals surface area contributed by atoms with E-state index in [1.54, 1.807) is 6.20 Å². The fraction of sp³-hybridized carbons (Fsp3) is 0.520. The Bertz CT molecular complexity index is 1230. The largest absolute Gasteiger partial charge is 0.378 e. The Balaban J connectivity index is 1.43. The molecule has 11 heteroatoms. The van der Waals surface area contributed by atoms with Gasteiger partial charge < -0.3 is 20.3 Å². The minimum atomic E-state index is -0.707. The molecule has 1 aliphatic carbocycles. The number of hydrogen-bond acceptors (Lipinski definition) is 7. The predicted molar refractivity (Wildman–Crippen MR) is 132 cm³/mol. The van der Waals surface area contributed by atoms with E-state index in [9.17, 15) is 13.6 Å². The molecule has 0 atom stereocenters. The number of benzene rings is 1. The fourth-order valence-corrected chi connectivity index (χ4v) is 4.99.